The number of aromatic nitrogens is 3. The van der Waals surface area contributed by atoms with Gasteiger partial charge in [-0.2, -0.15) is 0 Å². The summed E-state index contributed by atoms with van der Waals surface area (Å²) in [7, 11) is 0. The van der Waals surface area contributed by atoms with E-state index in [9.17, 15) is 18.0 Å². The van der Waals surface area contributed by atoms with E-state index in [1.807, 2.05) is 0 Å². The number of ketones is 1. The fourth-order valence-electron chi connectivity index (χ4n) is 2.17. The third kappa shape index (κ3) is 3.74. The molecule has 25 heavy (non-hydrogen) atoms. The molecular weight excluding hydrogens is 351 g/mol. The molecule has 1 atom stereocenters. The second kappa shape index (κ2) is 7.10. The van der Waals surface area contributed by atoms with Gasteiger partial charge in [0, 0.05) is 5.56 Å². The Labute approximate surface area is 145 Å². The second-order valence-electron chi connectivity index (χ2n) is 5.20. The summed E-state index contributed by atoms with van der Waals surface area (Å²) in [6.07, 6.45) is 0. The maximum absolute atomic E-state index is 13.8. The van der Waals surface area contributed by atoms with Crippen LogP contribution >= 0.6 is 11.8 Å². The molecule has 128 valence electrons. The average molecular weight is 363 g/mol. The number of nitrogens with one attached hydrogen (secondary N) is 1. The number of Topliss-reactive ketones (excluding diaryl/α,β-unsaturated/α-hetero) is 1. The second-order valence-corrected chi connectivity index (χ2v) is 6.51. The zero-order valence-electron chi connectivity index (χ0n) is 13.0. The molecule has 0 aliphatic rings. The van der Waals surface area contributed by atoms with Gasteiger partial charge in [0.05, 0.1) is 10.8 Å². The van der Waals surface area contributed by atoms with Crippen molar-refractivity contribution in [3.63, 3.8) is 0 Å². The molecule has 0 saturated carbocycles. The van der Waals surface area contributed by atoms with Crippen LogP contribution in [0.4, 0.5) is 13.2 Å². The van der Waals surface area contributed by atoms with E-state index in [1.165, 1.54) is 12.1 Å². The van der Waals surface area contributed by atoms with Crippen LogP contribution in [0, 0.1) is 17.5 Å². The van der Waals surface area contributed by atoms with Gasteiger partial charge in [-0.3, -0.25) is 9.89 Å². The third-order valence-corrected chi connectivity index (χ3v) is 4.41. The van der Waals surface area contributed by atoms with Crippen molar-refractivity contribution < 1.29 is 18.0 Å². The van der Waals surface area contributed by atoms with Crippen molar-refractivity contribution >= 4 is 17.5 Å². The summed E-state index contributed by atoms with van der Waals surface area (Å²) in [5.41, 5.74) is 0.324. The van der Waals surface area contributed by atoms with E-state index in [0.29, 0.717) is 0 Å². The Bertz CT molecular complexity index is 929. The molecule has 0 aliphatic carbocycles. The van der Waals surface area contributed by atoms with Gasteiger partial charge >= 0.3 is 0 Å². The molecule has 0 saturated heterocycles. The highest BCUT2D eigenvalue weighted by Gasteiger charge is 2.20. The predicted octanol–water partition coefficient (Wildman–Crippen LogP) is 4.25. The van der Waals surface area contributed by atoms with Gasteiger partial charge in [-0.15, -0.1) is 5.10 Å². The summed E-state index contributed by atoms with van der Waals surface area (Å²) in [5, 5.41) is 6.20. The Balaban J connectivity index is 1.75. The number of aromatic amines is 1. The molecule has 3 rings (SSSR count). The van der Waals surface area contributed by atoms with Gasteiger partial charge in [-0.25, -0.2) is 18.2 Å². The summed E-state index contributed by atoms with van der Waals surface area (Å²) in [6, 6.07) is 9.08. The van der Waals surface area contributed by atoms with Crippen molar-refractivity contribution in [2.24, 2.45) is 0 Å². The van der Waals surface area contributed by atoms with Crippen molar-refractivity contribution in [3.8, 4) is 11.4 Å². The van der Waals surface area contributed by atoms with Crippen molar-refractivity contribution in [1.82, 2.24) is 15.2 Å². The molecule has 0 amide bonds. The van der Waals surface area contributed by atoms with Crippen LogP contribution < -0.4 is 0 Å². The van der Waals surface area contributed by atoms with Crippen LogP contribution in [0.3, 0.4) is 0 Å². The average Bonchev–Trinajstić information content (AvgIpc) is 3.05. The molecule has 1 heterocycles. The van der Waals surface area contributed by atoms with Crippen molar-refractivity contribution in [3.05, 3.63) is 65.5 Å². The Morgan fingerprint density at radius 2 is 1.84 bits per heavy atom. The Hall–Kier alpha value is -2.61. The predicted molar refractivity (Wildman–Crippen MR) is 87.8 cm³/mol. The smallest absolute Gasteiger partial charge is 0.209 e. The standard InChI is InChI=1S/C17H12F3N3OS/c1-9(15(24)10-6-7-13(19)14(20)8-10)25-17-21-16(22-23-17)11-4-2-3-5-12(11)18/h2-9H,1H3,(H,21,22,23)/t9-/m0/s1. The van der Waals surface area contributed by atoms with E-state index >= 15 is 0 Å². The lowest BCUT2D eigenvalue weighted by Gasteiger charge is -2.08. The van der Waals surface area contributed by atoms with Crippen LogP contribution in [0.2, 0.25) is 0 Å². The van der Waals surface area contributed by atoms with Crippen LogP contribution in [0.1, 0.15) is 17.3 Å². The molecule has 1 aromatic heterocycles. The molecule has 1 N–H and O–H groups in total. The number of hydrogen-bond donors (Lipinski definition) is 1. The van der Waals surface area contributed by atoms with Gasteiger partial charge in [0.1, 0.15) is 5.82 Å². The third-order valence-electron chi connectivity index (χ3n) is 3.45. The van der Waals surface area contributed by atoms with Crippen molar-refractivity contribution in [1.29, 1.82) is 0 Å². The number of benzene rings is 2. The fraction of sp³-hybridized carbons (Fsp3) is 0.118. The zero-order chi connectivity index (χ0) is 18.0. The lowest BCUT2D eigenvalue weighted by atomic mass is 10.1. The van der Waals surface area contributed by atoms with Crippen LogP contribution in [0.5, 0.6) is 0 Å². The van der Waals surface area contributed by atoms with Crippen LogP contribution in [-0.2, 0) is 0 Å². The van der Waals surface area contributed by atoms with E-state index in [1.54, 1.807) is 25.1 Å². The lowest BCUT2D eigenvalue weighted by Crippen LogP contribution is -2.14. The van der Waals surface area contributed by atoms with Crippen LogP contribution in [-0.4, -0.2) is 26.2 Å². The van der Waals surface area contributed by atoms with Gasteiger partial charge in [-0.1, -0.05) is 23.9 Å². The molecule has 4 nitrogen and oxygen atoms in total. The number of halogens is 3. The summed E-state index contributed by atoms with van der Waals surface area (Å²) >= 11 is 1.04. The fourth-order valence-corrected chi connectivity index (χ4v) is 2.97. The summed E-state index contributed by atoms with van der Waals surface area (Å²) in [6.45, 7) is 1.60. The van der Waals surface area contributed by atoms with Crippen LogP contribution in [0.25, 0.3) is 11.4 Å². The lowest BCUT2D eigenvalue weighted by molar-refractivity contribution is 0.0993. The largest absolute Gasteiger partial charge is 0.293 e. The van der Waals surface area contributed by atoms with Crippen LogP contribution in [0.15, 0.2) is 47.6 Å². The van der Waals surface area contributed by atoms with Gasteiger partial charge in [0.15, 0.2) is 23.2 Å². The summed E-state index contributed by atoms with van der Waals surface area (Å²) in [4.78, 5) is 16.5. The number of H-pyrrole nitrogens is 1. The first-order valence-corrected chi connectivity index (χ1v) is 8.17. The number of rotatable bonds is 5. The summed E-state index contributed by atoms with van der Waals surface area (Å²) in [5.74, 6) is -2.68. The first-order chi connectivity index (χ1) is 12.0. The Morgan fingerprint density at radius 1 is 1.08 bits per heavy atom. The number of thioether (sulfide) groups is 1. The van der Waals surface area contributed by atoms with E-state index in [4.69, 9.17) is 0 Å². The molecule has 0 fully saturated rings. The molecule has 8 heteroatoms. The SMILES string of the molecule is C[C@H](Sc1n[nH]c(-c2ccccc2F)n1)C(=O)c1ccc(F)c(F)c1. The minimum absolute atomic E-state index is 0.0590. The molecule has 0 unspecified atom stereocenters. The Kier molecular flexibility index (Phi) is 4.89. The molecule has 3 aromatic rings. The highest BCUT2D eigenvalue weighted by atomic mass is 32.2. The number of hydrogen-bond acceptors (Lipinski definition) is 4. The van der Waals surface area contributed by atoms with E-state index < -0.39 is 22.7 Å². The normalized spacial score (nSPS) is 12.2. The Morgan fingerprint density at radius 3 is 2.56 bits per heavy atom. The van der Waals surface area contributed by atoms with Crippen molar-refractivity contribution in [2.75, 3.05) is 0 Å². The summed E-state index contributed by atoms with van der Waals surface area (Å²) < 4.78 is 40.0. The number of carbonyl (C=O) groups excluding carboxylic acids is 1. The topological polar surface area (TPSA) is 58.6 Å². The maximum atomic E-state index is 13.8. The highest BCUT2D eigenvalue weighted by Crippen LogP contribution is 2.26. The first-order valence-electron chi connectivity index (χ1n) is 7.29. The molecule has 0 radical (unpaired) electrons. The molecule has 0 bridgehead atoms. The van der Waals surface area contributed by atoms with Gasteiger partial charge < -0.3 is 0 Å². The monoisotopic (exact) mass is 363 g/mol. The minimum Gasteiger partial charge on any atom is -0.293 e. The molecule has 0 spiro atoms. The van der Waals surface area contributed by atoms with E-state index in [0.717, 1.165) is 23.9 Å². The highest BCUT2D eigenvalue weighted by molar-refractivity contribution is 8.00. The maximum Gasteiger partial charge on any atom is 0.209 e. The van der Waals surface area contributed by atoms with E-state index in [2.05, 4.69) is 15.2 Å². The van der Waals surface area contributed by atoms with E-state index in [-0.39, 0.29) is 27.9 Å². The van der Waals surface area contributed by atoms with Crippen molar-refractivity contribution in [2.45, 2.75) is 17.3 Å². The minimum atomic E-state index is -1.08. The molecule has 2 aromatic carbocycles. The molecule has 0 aliphatic heterocycles. The van der Waals surface area contributed by atoms with Gasteiger partial charge in [-0.05, 0) is 37.3 Å². The number of nitrogens with zero attached hydrogens (tertiary/aromatic N) is 2. The van der Waals surface area contributed by atoms with Gasteiger partial charge in [0.25, 0.3) is 0 Å². The quantitative estimate of drug-likeness (QED) is 0.544. The first kappa shape index (κ1) is 17.2. The number of carbonyl (C=O) groups is 1. The van der Waals surface area contributed by atoms with Gasteiger partial charge in [0.2, 0.25) is 5.16 Å². The zero-order valence-corrected chi connectivity index (χ0v) is 13.8. The molecular formula is C17H12F3N3OS.